The fourth-order valence-electron chi connectivity index (χ4n) is 0.896. The molecule has 1 aromatic rings. The standard InChI is InChI=1S/C9H11BrOS/c1-3-7-4-5-8(12-7)9(11)6(2)10/h4-6H,3H2,1-2H3. The lowest BCUT2D eigenvalue weighted by Gasteiger charge is -1.97. The van der Waals surface area contributed by atoms with Crippen LogP contribution in [0.5, 0.6) is 0 Å². The number of alkyl halides is 1. The number of ketones is 1. The number of aryl methyl sites for hydroxylation is 1. The van der Waals surface area contributed by atoms with Crippen LogP contribution in [0.1, 0.15) is 28.4 Å². The maximum Gasteiger partial charge on any atom is 0.186 e. The lowest BCUT2D eigenvalue weighted by atomic mass is 10.2. The van der Waals surface area contributed by atoms with Crippen molar-refractivity contribution in [2.75, 3.05) is 0 Å². The van der Waals surface area contributed by atoms with Gasteiger partial charge < -0.3 is 0 Å². The first-order valence-corrected chi connectivity index (χ1v) is 5.65. The fourth-order valence-corrected chi connectivity index (χ4v) is 2.27. The first-order chi connectivity index (χ1) is 5.65. The molecule has 0 spiro atoms. The topological polar surface area (TPSA) is 17.1 Å². The van der Waals surface area contributed by atoms with Crippen LogP contribution in [0.3, 0.4) is 0 Å². The van der Waals surface area contributed by atoms with Gasteiger partial charge in [0.1, 0.15) is 0 Å². The maximum absolute atomic E-state index is 11.4. The summed E-state index contributed by atoms with van der Waals surface area (Å²) in [6.07, 6.45) is 1.01. The zero-order valence-electron chi connectivity index (χ0n) is 7.13. The largest absolute Gasteiger partial charge is 0.292 e. The third-order valence-electron chi connectivity index (χ3n) is 1.61. The van der Waals surface area contributed by atoms with Gasteiger partial charge in [0.2, 0.25) is 0 Å². The first-order valence-electron chi connectivity index (χ1n) is 3.92. The molecule has 0 aliphatic rings. The van der Waals surface area contributed by atoms with Crippen LogP contribution in [0.15, 0.2) is 12.1 Å². The molecule has 1 heterocycles. The zero-order valence-corrected chi connectivity index (χ0v) is 9.54. The van der Waals surface area contributed by atoms with E-state index in [1.165, 1.54) is 4.88 Å². The van der Waals surface area contributed by atoms with Gasteiger partial charge >= 0.3 is 0 Å². The van der Waals surface area contributed by atoms with Crippen molar-refractivity contribution in [3.05, 3.63) is 21.9 Å². The molecule has 0 N–H and O–H groups in total. The van der Waals surface area contributed by atoms with E-state index in [4.69, 9.17) is 0 Å². The number of carbonyl (C=O) groups is 1. The number of carbonyl (C=O) groups excluding carboxylic acids is 1. The third kappa shape index (κ3) is 2.17. The van der Waals surface area contributed by atoms with E-state index < -0.39 is 0 Å². The molecular weight excluding hydrogens is 236 g/mol. The average Bonchev–Trinajstić information content (AvgIpc) is 2.50. The van der Waals surface area contributed by atoms with Crippen LogP contribution in [0.2, 0.25) is 0 Å². The van der Waals surface area contributed by atoms with Crippen LogP contribution in [0.25, 0.3) is 0 Å². The highest BCUT2D eigenvalue weighted by Gasteiger charge is 2.13. The highest BCUT2D eigenvalue weighted by Crippen LogP contribution is 2.20. The van der Waals surface area contributed by atoms with Crippen LogP contribution >= 0.6 is 27.3 Å². The summed E-state index contributed by atoms with van der Waals surface area (Å²) in [5.41, 5.74) is 0. The molecule has 0 saturated heterocycles. The molecule has 1 nitrogen and oxygen atoms in total. The highest BCUT2D eigenvalue weighted by molar-refractivity contribution is 9.10. The number of halogens is 1. The Morgan fingerprint density at radius 1 is 1.67 bits per heavy atom. The molecule has 0 amide bonds. The van der Waals surface area contributed by atoms with Crippen LogP contribution in [-0.2, 0) is 6.42 Å². The van der Waals surface area contributed by atoms with Gasteiger partial charge in [0.15, 0.2) is 5.78 Å². The van der Waals surface area contributed by atoms with Crippen molar-refractivity contribution in [1.82, 2.24) is 0 Å². The van der Waals surface area contributed by atoms with E-state index in [9.17, 15) is 4.79 Å². The fraction of sp³-hybridized carbons (Fsp3) is 0.444. The molecule has 0 saturated carbocycles. The second-order valence-electron chi connectivity index (χ2n) is 2.60. The lowest BCUT2D eigenvalue weighted by molar-refractivity contribution is 0.0999. The molecule has 12 heavy (non-hydrogen) atoms. The number of Topliss-reactive ketones (excluding diaryl/α,β-unsaturated/α-hetero) is 1. The SMILES string of the molecule is CCc1ccc(C(=O)C(C)Br)s1. The van der Waals surface area contributed by atoms with Crippen molar-refractivity contribution in [2.45, 2.75) is 25.1 Å². The van der Waals surface area contributed by atoms with Gasteiger partial charge in [-0.3, -0.25) is 4.79 Å². The minimum absolute atomic E-state index is 0.0687. The van der Waals surface area contributed by atoms with Gasteiger partial charge in [-0.25, -0.2) is 0 Å². The second-order valence-corrected chi connectivity index (χ2v) is 5.14. The molecule has 1 aromatic heterocycles. The summed E-state index contributed by atoms with van der Waals surface area (Å²) in [5.74, 6) is 0.180. The minimum Gasteiger partial charge on any atom is -0.292 e. The predicted octanol–water partition coefficient (Wildman–Crippen LogP) is 3.28. The van der Waals surface area contributed by atoms with E-state index in [0.717, 1.165) is 11.3 Å². The summed E-state index contributed by atoms with van der Waals surface area (Å²) < 4.78 is 0. The Morgan fingerprint density at radius 2 is 2.33 bits per heavy atom. The van der Waals surface area contributed by atoms with Crippen LogP contribution in [-0.4, -0.2) is 10.6 Å². The monoisotopic (exact) mass is 246 g/mol. The Kier molecular flexibility index (Phi) is 3.47. The molecule has 0 aromatic carbocycles. The van der Waals surface area contributed by atoms with Crippen LogP contribution in [0, 0.1) is 0 Å². The molecule has 0 fully saturated rings. The van der Waals surface area contributed by atoms with Crippen molar-refractivity contribution < 1.29 is 4.79 Å². The summed E-state index contributed by atoms with van der Waals surface area (Å²) in [6, 6.07) is 3.93. The molecule has 66 valence electrons. The van der Waals surface area contributed by atoms with Gasteiger partial charge in [-0.05, 0) is 25.5 Å². The van der Waals surface area contributed by atoms with E-state index in [1.807, 2.05) is 19.1 Å². The smallest absolute Gasteiger partial charge is 0.186 e. The van der Waals surface area contributed by atoms with Crippen molar-refractivity contribution in [3.8, 4) is 0 Å². The molecule has 3 heteroatoms. The first kappa shape index (κ1) is 9.93. The van der Waals surface area contributed by atoms with Crippen molar-refractivity contribution >= 4 is 33.0 Å². The molecule has 1 atom stereocenters. The number of rotatable bonds is 3. The maximum atomic E-state index is 11.4. The van der Waals surface area contributed by atoms with Gasteiger partial charge in [0, 0.05) is 4.88 Å². The van der Waals surface area contributed by atoms with Gasteiger partial charge in [-0.1, -0.05) is 22.9 Å². The minimum atomic E-state index is -0.0687. The molecule has 0 bridgehead atoms. The molecule has 0 aliphatic carbocycles. The number of hydrogen-bond donors (Lipinski definition) is 0. The zero-order chi connectivity index (χ0) is 9.14. The van der Waals surface area contributed by atoms with Gasteiger partial charge in [-0.15, -0.1) is 11.3 Å². The van der Waals surface area contributed by atoms with Gasteiger partial charge in [0.25, 0.3) is 0 Å². The molecule has 1 rings (SSSR count). The summed E-state index contributed by atoms with van der Waals surface area (Å²) >= 11 is 4.85. The quantitative estimate of drug-likeness (QED) is 0.591. The Bertz CT molecular complexity index is 278. The molecule has 0 radical (unpaired) electrons. The van der Waals surface area contributed by atoms with Crippen LogP contribution in [0.4, 0.5) is 0 Å². The molecule has 1 unspecified atom stereocenters. The third-order valence-corrected chi connectivity index (χ3v) is 3.27. The normalized spacial score (nSPS) is 12.9. The van der Waals surface area contributed by atoms with Gasteiger partial charge in [-0.2, -0.15) is 0 Å². The van der Waals surface area contributed by atoms with Crippen molar-refractivity contribution in [2.24, 2.45) is 0 Å². The summed E-state index contributed by atoms with van der Waals surface area (Å²) in [5, 5.41) is 0. The molecule has 0 aliphatic heterocycles. The van der Waals surface area contributed by atoms with E-state index in [0.29, 0.717) is 0 Å². The molecular formula is C9H11BrOS. The van der Waals surface area contributed by atoms with Crippen LogP contribution < -0.4 is 0 Å². The van der Waals surface area contributed by atoms with E-state index in [2.05, 4.69) is 22.9 Å². The Morgan fingerprint density at radius 3 is 2.75 bits per heavy atom. The predicted molar refractivity (Wildman–Crippen MR) is 56.4 cm³/mol. The van der Waals surface area contributed by atoms with E-state index >= 15 is 0 Å². The van der Waals surface area contributed by atoms with Crippen molar-refractivity contribution in [3.63, 3.8) is 0 Å². The summed E-state index contributed by atoms with van der Waals surface area (Å²) in [7, 11) is 0. The second kappa shape index (κ2) is 4.19. The lowest BCUT2D eigenvalue weighted by Crippen LogP contribution is -2.07. The Hall–Kier alpha value is -0.150. The van der Waals surface area contributed by atoms with Crippen molar-refractivity contribution in [1.29, 1.82) is 0 Å². The Balaban J connectivity index is 2.82. The number of hydrogen-bond acceptors (Lipinski definition) is 2. The van der Waals surface area contributed by atoms with E-state index in [-0.39, 0.29) is 10.6 Å². The van der Waals surface area contributed by atoms with Gasteiger partial charge in [0.05, 0.1) is 9.70 Å². The highest BCUT2D eigenvalue weighted by atomic mass is 79.9. The summed E-state index contributed by atoms with van der Waals surface area (Å²) in [4.78, 5) is 13.5. The summed E-state index contributed by atoms with van der Waals surface area (Å²) in [6.45, 7) is 3.95. The Labute approximate surface area is 84.9 Å². The average molecular weight is 247 g/mol. The number of thiophene rings is 1. The van der Waals surface area contributed by atoms with E-state index in [1.54, 1.807) is 11.3 Å².